The molecule has 1 saturated heterocycles. The SMILES string of the molecule is CC1(C(O)Cc2ccc(I)cc2)CCCO1. The molecule has 2 nitrogen and oxygen atoms in total. The van der Waals surface area contributed by atoms with E-state index in [1.165, 1.54) is 9.13 Å². The minimum absolute atomic E-state index is 0.344. The van der Waals surface area contributed by atoms with Gasteiger partial charge in [-0.05, 0) is 60.1 Å². The number of rotatable bonds is 3. The number of hydrogen-bond donors (Lipinski definition) is 1. The highest BCUT2D eigenvalue weighted by Crippen LogP contribution is 2.30. The lowest BCUT2D eigenvalue weighted by atomic mass is 9.91. The summed E-state index contributed by atoms with van der Waals surface area (Å²) in [6, 6.07) is 8.29. The molecule has 1 aromatic carbocycles. The topological polar surface area (TPSA) is 29.5 Å². The molecular formula is C13H17IO2. The standard InChI is InChI=1S/C13H17IO2/c1-13(7-2-8-16-13)12(15)9-10-3-5-11(14)6-4-10/h3-6,12,15H,2,7-9H2,1H3. The molecule has 2 unspecified atom stereocenters. The monoisotopic (exact) mass is 332 g/mol. The molecule has 1 aliphatic heterocycles. The van der Waals surface area contributed by atoms with E-state index in [0.717, 1.165) is 19.4 Å². The molecule has 0 aliphatic carbocycles. The van der Waals surface area contributed by atoms with Crippen molar-refractivity contribution in [1.82, 2.24) is 0 Å². The van der Waals surface area contributed by atoms with Gasteiger partial charge < -0.3 is 9.84 Å². The maximum absolute atomic E-state index is 10.2. The van der Waals surface area contributed by atoms with E-state index in [-0.39, 0.29) is 5.60 Å². The summed E-state index contributed by atoms with van der Waals surface area (Å²) >= 11 is 2.28. The van der Waals surface area contributed by atoms with Crippen LogP contribution >= 0.6 is 22.6 Å². The Labute approximate surface area is 110 Å². The van der Waals surface area contributed by atoms with E-state index in [0.29, 0.717) is 6.42 Å². The van der Waals surface area contributed by atoms with Gasteiger partial charge in [0.25, 0.3) is 0 Å². The summed E-state index contributed by atoms with van der Waals surface area (Å²) in [5, 5.41) is 10.2. The highest BCUT2D eigenvalue weighted by Gasteiger charge is 2.37. The van der Waals surface area contributed by atoms with E-state index in [1.807, 2.05) is 6.92 Å². The lowest BCUT2D eigenvalue weighted by Crippen LogP contribution is -2.40. The molecule has 0 saturated carbocycles. The normalized spacial score (nSPS) is 26.9. The molecule has 2 atom stereocenters. The highest BCUT2D eigenvalue weighted by atomic mass is 127. The summed E-state index contributed by atoms with van der Waals surface area (Å²) in [7, 11) is 0. The number of halogens is 1. The van der Waals surface area contributed by atoms with Gasteiger partial charge in [0.2, 0.25) is 0 Å². The molecular weight excluding hydrogens is 315 g/mol. The van der Waals surface area contributed by atoms with Crippen LogP contribution in [0, 0.1) is 3.57 Å². The average molecular weight is 332 g/mol. The summed E-state index contributed by atoms with van der Waals surface area (Å²) in [4.78, 5) is 0. The Kier molecular flexibility index (Phi) is 3.87. The summed E-state index contributed by atoms with van der Waals surface area (Å²) < 4.78 is 6.87. The van der Waals surface area contributed by atoms with Gasteiger partial charge in [-0.3, -0.25) is 0 Å². The van der Waals surface area contributed by atoms with E-state index >= 15 is 0 Å². The smallest absolute Gasteiger partial charge is 0.0916 e. The number of hydrogen-bond acceptors (Lipinski definition) is 2. The maximum Gasteiger partial charge on any atom is 0.0916 e. The van der Waals surface area contributed by atoms with Gasteiger partial charge in [-0.15, -0.1) is 0 Å². The summed E-state index contributed by atoms with van der Waals surface area (Å²) in [5.41, 5.74) is 0.827. The van der Waals surface area contributed by atoms with Crippen molar-refractivity contribution >= 4 is 22.6 Å². The second-order valence-electron chi connectivity index (χ2n) is 4.61. The second kappa shape index (κ2) is 5.02. The Morgan fingerprint density at radius 2 is 2.12 bits per heavy atom. The van der Waals surface area contributed by atoms with Gasteiger partial charge in [0.1, 0.15) is 0 Å². The fourth-order valence-corrected chi connectivity index (χ4v) is 2.48. The molecule has 0 amide bonds. The quantitative estimate of drug-likeness (QED) is 0.863. The van der Waals surface area contributed by atoms with Gasteiger partial charge >= 0.3 is 0 Å². The molecule has 16 heavy (non-hydrogen) atoms. The zero-order chi connectivity index (χ0) is 11.6. The predicted octanol–water partition coefficient (Wildman–Crippen LogP) is 2.76. The Morgan fingerprint density at radius 3 is 2.69 bits per heavy atom. The van der Waals surface area contributed by atoms with Crippen LogP contribution in [0.1, 0.15) is 25.3 Å². The first kappa shape index (κ1) is 12.3. The lowest BCUT2D eigenvalue weighted by molar-refractivity contribution is -0.0768. The van der Waals surface area contributed by atoms with Gasteiger partial charge in [-0.25, -0.2) is 0 Å². The van der Waals surface area contributed by atoms with Crippen LogP contribution < -0.4 is 0 Å². The van der Waals surface area contributed by atoms with E-state index in [2.05, 4.69) is 46.9 Å². The molecule has 1 heterocycles. The van der Waals surface area contributed by atoms with Crippen molar-refractivity contribution in [2.45, 2.75) is 37.9 Å². The minimum atomic E-state index is -0.407. The zero-order valence-corrected chi connectivity index (χ0v) is 11.6. The van der Waals surface area contributed by atoms with Crippen LogP contribution in [0.3, 0.4) is 0 Å². The molecule has 0 spiro atoms. The number of aliphatic hydroxyl groups excluding tert-OH is 1. The third-order valence-electron chi connectivity index (χ3n) is 3.30. The molecule has 88 valence electrons. The Hall–Kier alpha value is -0.130. The van der Waals surface area contributed by atoms with Gasteiger partial charge in [0, 0.05) is 16.6 Å². The van der Waals surface area contributed by atoms with Crippen molar-refractivity contribution in [3.05, 3.63) is 33.4 Å². The van der Waals surface area contributed by atoms with Gasteiger partial charge in [-0.2, -0.15) is 0 Å². The molecule has 1 fully saturated rings. The lowest BCUT2D eigenvalue weighted by Gasteiger charge is -2.29. The van der Waals surface area contributed by atoms with Gasteiger partial charge in [-0.1, -0.05) is 12.1 Å². The summed E-state index contributed by atoms with van der Waals surface area (Å²) in [6.45, 7) is 2.79. The van der Waals surface area contributed by atoms with Crippen molar-refractivity contribution in [2.24, 2.45) is 0 Å². The van der Waals surface area contributed by atoms with E-state index in [1.54, 1.807) is 0 Å². The van der Waals surface area contributed by atoms with Crippen LogP contribution in [0.15, 0.2) is 24.3 Å². The largest absolute Gasteiger partial charge is 0.390 e. The minimum Gasteiger partial charge on any atom is -0.390 e. The Bertz CT molecular complexity index is 341. The molecule has 3 heteroatoms. The number of ether oxygens (including phenoxy) is 1. The van der Waals surface area contributed by atoms with E-state index in [4.69, 9.17) is 4.74 Å². The first-order valence-corrected chi connectivity index (χ1v) is 6.74. The van der Waals surface area contributed by atoms with Crippen molar-refractivity contribution < 1.29 is 9.84 Å². The van der Waals surface area contributed by atoms with Gasteiger partial charge in [0.05, 0.1) is 11.7 Å². The third-order valence-corrected chi connectivity index (χ3v) is 4.02. The molecule has 2 rings (SSSR count). The molecule has 1 aromatic rings. The number of aliphatic hydroxyl groups is 1. The van der Waals surface area contributed by atoms with Crippen LogP contribution in [-0.2, 0) is 11.2 Å². The third kappa shape index (κ3) is 2.76. The maximum atomic E-state index is 10.2. The van der Waals surface area contributed by atoms with E-state index < -0.39 is 6.10 Å². The predicted molar refractivity (Wildman–Crippen MR) is 72.5 cm³/mol. The fourth-order valence-electron chi connectivity index (χ4n) is 2.12. The second-order valence-corrected chi connectivity index (χ2v) is 5.86. The molecule has 0 bridgehead atoms. The molecule has 0 radical (unpaired) electrons. The van der Waals surface area contributed by atoms with Crippen LogP contribution in [-0.4, -0.2) is 23.4 Å². The first-order valence-electron chi connectivity index (χ1n) is 5.67. The van der Waals surface area contributed by atoms with Crippen molar-refractivity contribution in [1.29, 1.82) is 0 Å². The summed E-state index contributed by atoms with van der Waals surface area (Å²) in [6.07, 6.45) is 2.28. The Morgan fingerprint density at radius 1 is 1.44 bits per heavy atom. The van der Waals surface area contributed by atoms with Gasteiger partial charge in [0.15, 0.2) is 0 Å². The van der Waals surface area contributed by atoms with Crippen LogP contribution in [0.25, 0.3) is 0 Å². The first-order chi connectivity index (χ1) is 7.60. The van der Waals surface area contributed by atoms with Crippen LogP contribution in [0.5, 0.6) is 0 Å². The number of benzene rings is 1. The average Bonchev–Trinajstić information content (AvgIpc) is 2.70. The van der Waals surface area contributed by atoms with Crippen molar-refractivity contribution in [3.63, 3.8) is 0 Å². The van der Waals surface area contributed by atoms with Crippen molar-refractivity contribution in [3.8, 4) is 0 Å². The fraction of sp³-hybridized carbons (Fsp3) is 0.538. The van der Waals surface area contributed by atoms with Crippen LogP contribution in [0.4, 0.5) is 0 Å². The van der Waals surface area contributed by atoms with Crippen LogP contribution in [0.2, 0.25) is 0 Å². The zero-order valence-electron chi connectivity index (χ0n) is 9.45. The molecule has 0 aromatic heterocycles. The summed E-state index contributed by atoms with van der Waals surface area (Å²) in [5.74, 6) is 0. The molecule has 1 N–H and O–H groups in total. The Balaban J connectivity index is 2.01. The van der Waals surface area contributed by atoms with E-state index in [9.17, 15) is 5.11 Å². The van der Waals surface area contributed by atoms with Crippen molar-refractivity contribution in [2.75, 3.05) is 6.61 Å². The molecule has 1 aliphatic rings. The highest BCUT2D eigenvalue weighted by molar-refractivity contribution is 14.1.